The summed E-state index contributed by atoms with van der Waals surface area (Å²) in [6, 6.07) is 8.98. The first-order valence-electron chi connectivity index (χ1n) is 3.80. The highest BCUT2D eigenvalue weighted by molar-refractivity contribution is 5.70. The molecule has 2 N–H and O–H groups in total. The Balaban J connectivity index is 2.89. The van der Waals surface area contributed by atoms with Crippen molar-refractivity contribution in [3.05, 3.63) is 40.8 Å². The van der Waals surface area contributed by atoms with Crippen molar-refractivity contribution in [3.63, 3.8) is 0 Å². The third-order valence-electron chi connectivity index (χ3n) is 1.72. The molecule has 0 aromatic carbocycles. The molecule has 0 aromatic rings. The molecule has 1 heterocycles. The Bertz CT molecular complexity index is 469. The van der Waals surface area contributed by atoms with Crippen molar-refractivity contribution in [1.82, 2.24) is 9.97 Å². The normalized spacial score (nSPS) is 10.2. The van der Waals surface area contributed by atoms with Crippen LogP contribution >= 0.6 is 0 Å². The van der Waals surface area contributed by atoms with Crippen LogP contribution in [-0.2, 0) is 0 Å². The van der Waals surface area contributed by atoms with Gasteiger partial charge in [-0.05, 0) is 12.1 Å². The molecule has 0 aromatic heterocycles. The second kappa shape index (κ2) is 2.82. The van der Waals surface area contributed by atoms with E-state index in [0.717, 1.165) is 0 Å². The van der Waals surface area contributed by atoms with Gasteiger partial charge >= 0.3 is 5.69 Å². The highest BCUT2D eigenvalue weighted by atomic mass is 16.1. The molecule has 2 aliphatic rings. The quantitative estimate of drug-likeness (QED) is 0.630. The SMILES string of the molecule is Nc1nc(=O)nc2cccccc1-2. The molecular formula is C9H7N3O. The second-order valence-corrected chi connectivity index (χ2v) is 2.60. The van der Waals surface area contributed by atoms with Gasteiger partial charge in [0.05, 0.1) is 5.69 Å². The first-order chi connectivity index (χ1) is 6.27. The van der Waals surface area contributed by atoms with Gasteiger partial charge in [0.25, 0.3) is 0 Å². The van der Waals surface area contributed by atoms with Crippen molar-refractivity contribution >= 4 is 5.82 Å². The Kier molecular flexibility index (Phi) is 1.66. The smallest absolute Gasteiger partial charge is 0.369 e. The van der Waals surface area contributed by atoms with Crippen LogP contribution in [0, 0.1) is 0 Å². The van der Waals surface area contributed by atoms with E-state index in [1.54, 1.807) is 18.2 Å². The van der Waals surface area contributed by atoms with E-state index in [-0.39, 0.29) is 5.82 Å². The Morgan fingerprint density at radius 3 is 2.69 bits per heavy atom. The summed E-state index contributed by atoms with van der Waals surface area (Å²) in [7, 11) is 0. The minimum absolute atomic E-state index is 0.228. The second-order valence-electron chi connectivity index (χ2n) is 2.60. The molecule has 0 saturated carbocycles. The van der Waals surface area contributed by atoms with Crippen LogP contribution in [0.4, 0.5) is 5.82 Å². The number of nitrogen functional groups attached to an aromatic ring is 1. The van der Waals surface area contributed by atoms with Crippen molar-refractivity contribution in [2.75, 3.05) is 5.73 Å². The maximum absolute atomic E-state index is 10.9. The molecule has 2 rings (SSSR count). The number of rotatable bonds is 0. The van der Waals surface area contributed by atoms with Crippen molar-refractivity contribution in [3.8, 4) is 11.3 Å². The van der Waals surface area contributed by atoms with Gasteiger partial charge in [-0.2, -0.15) is 9.97 Å². The third kappa shape index (κ3) is 1.33. The average Bonchev–Trinajstić information content (AvgIpc) is 2.28. The van der Waals surface area contributed by atoms with E-state index in [4.69, 9.17) is 5.73 Å². The first-order valence-corrected chi connectivity index (χ1v) is 3.80. The van der Waals surface area contributed by atoms with E-state index in [1.165, 1.54) is 0 Å². The lowest BCUT2D eigenvalue weighted by atomic mass is 10.2. The van der Waals surface area contributed by atoms with Crippen LogP contribution in [0.3, 0.4) is 0 Å². The highest BCUT2D eigenvalue weighted by Gasteiger charge is 2.06. The zero-order chi connectivity index (χ0) is 9.26. The summed E-state index contributed by atoms with van der Waals surface area (Å²) >= 11 is 0. The number of nitrogens with zero attached hydrogens (tertiary/aromatic N) is 2. The van der Waals surface area contributed by atoms with Crippen molar-refractivity contribution in [2.45, 2.75) is 0 Å². The van der Waals surface area contributed by atoms with Gasteiger partial charge in [0, 0.05) is 5.56 Å². The molecular weight excluding hydrogens is 166 g/mol. The largest absolute Gasteiger partial charge is 0.383 e. The summed E-state index contributed by atoms with van der Waals surface area (Å²) < 4.78 is 0. The molecule has 64 valence electrons. The Morgan fingerprint density at radius 1 is 1.08 bits per heavy atom. The van der Waals surface area contributed by atoms with Gasteiger partial charge in [-0.15, -0.1) is 0 Å². The molecule has 0 amide bonds. The van der Waals surface area contributed by atoms with E-state index in [2.05, 4.69) is 9.97 Å². The number of hydrogen-bond acceptors (Lipinski definition) is 4. The van der Waals surface area contributed by atoms with Crippen LogP contribution in [-0.4, -0.2) is 9.97 Å². The topological polar surface area (TPSA) is 68.9 Å². The van der Waals surface area contributed by atoms with E-state index in [0.29, 0.717) is 11.3 Å². The Labute approximate surface area is 74.4 Å². The average molecular weight is 173 g/mol. The van der Waals surface area contributed by atoms with Crippen LogP contribution < -0.4 is 11.4 Å². The number of aromatic nitrogens is 2. The van der Waals surface area contributed by atoms with Crippen molar-refractivity contribution < 1.29 is 0 Å². The molecule has 4 nitrogen and oxygen atoms in total. The highest BCUT2D eigenvalue weighted by Crippen LogP contribution is 2.19. The summed E-state index contributed by atoms with van der Waals surface area (Å²) in [5, 5.41) is 0. The fourth-order valence-electron chi connectivity index (χ4n) is 1.14. The van der Waals surface area contributed by atoms with Gasteiger partial charge in [0.15, 0.2) is 0 Å². The van der Waals surface area contributed by atoms with Crippen molar-refractivity contribution in [1.29, 1.82) is 0 Å². The Morgan fingerprint density at radius 2 is 1.85 bits per heavy atom. The minimum atomic E-state index is -0.545. The molecule has 0 fully saturated rings. The molecule has 0 spiro atoms. The molecule has 13 heavy (non-hydrogen) atoms. The first kappa shape index (κ1) is 7.67. The Hall–Kier alpha value is -1.97. The van der Waals surface area contributed by atoms with Gasteiger partial charge in [-0.25, -0.2) is 4.79 Å². The zero-order valence-electron chi connectivity index (χ0n) is 6.77. The fraction of sp³-hybridized carbons (Fsp3) is 0. The van der Waals surface area contributed by atoms with Crippen molar-refractivity contribution in [2.24, 2.45) is 0 Å². The molecule has 0 unspecified atom stereocenters. The summed E-state index contributed by atoms with van der Waals surface area (Å²) in [4.78, 5) is 18.2. The van der Waals surface area contributed by atoms with Gasteiger partial charge in [-0.3, -0.25) is 0 Å². The summed E-state index contributed by atoms with van der Waals surface area (Å²) in [5.41, 5.74) is 6.29. The van der Waals surface area contributed by atoms with Crippen LogP contribution in [0.1, 0.15) is 0 Å². The molecule has 4 heteroatoms. The van der Waals surface area contributed by atoms with Crippen LogP contribution in [0.15, 0.2) is 35.1 Å². The van der Waals surface area contributed by atoms with E-state index < -0.39 is 5.69 Å². The lowest BCUT2D eigenvalue weighted by Crippen LogP contribution is -2.14. The number of hydrogen-bond donors (Lipinski definition) is 1. The number of fused-ring (bicyclic) bond motifs is 1. The minimum Gasteiger partial charge on any atom is -0.383 e. The summed E-state index contributed by atoms with van der Waals surface area (Å²) in [6.45, 7) is 0. The van der Waals surface area contributed by atoms with Gasteiger partial charge < -0.3 is 5.73 Å². The van der Waals surface area contributed by atoms with Crippen LogP contribution in [0.2, 0.25) is 0 Å². The summed E-state index contributed by atoms with van der Waals surface area (Å²) in [5.74, 6) is 0.228. The standard InChI is InChI=1S/C9H7N3O/c10-8-6-4-2-1-3-5-7(6)11-9(13)12-8/h1-5H,(H2,10,12,13). The van der Waals surface area contributed by atoms with E-state index in [1.807, 2.05) is 12.1 Å². The van der Waals surface area contributed by atoms with Crippen LogP contribution in [0.25, 0.3) is 11.3 Å². The monoisotopic (exact) mass is 173 g/mol. The lowest BCUT2D eigenvalue weighted by molar-refractivity contribution is 1.09. The molecule has 1 aliphatic heterocycles. The lowest BCUT2D eigenvalue weighted by Gasteiger charge is -1.99. The molecule has 0 saturated heterocycles. The fourth-order valence-corrected chi connectivity index (χ4v) is 1.14. The molecule has 0 bridgehead atoms. The van der Waals surface area contributed by atoms with Gasteiger partial charge in [-0.1, -0.05) is 18.2 Å². The van der Waals surface area contributed by atoms with E-state index >= 15 is 0 Å². The molecule has 0 radical (unpaired) electrons. The molecule has 1 aliphatic carbocycles. The predicted molar refractivity (Wildman–Crippen MR) is 49.3 cm³/mol. The summed E-state index contributed by atoms with van der Waals surface area (Å²) in [6.07, 6.45) is 0. The maximum Gasteiger partial charge on any atom is 0.369 e. The van der Waals surface area contributed by atoms with Crippen LogP contribution in [0.5, 0.6) is 0 Å². The predicted octanol–water partition coefficient (Wildman–Crippen LogP) is 0.524. The number of nitrogens with two attached hydrogens (primary N) is 1. The van der Waals surface area contributed by atoms with Gasteiger partial charge in [0.2, 0.25) is 0 Å². The third-order valence-corrected chi connectivity index (χ3v) is 1.72. The van der Waals surface area contributed by atoms with E-state index in [9.17, 15) is 4.79 Å². The van der Waals surface area contributed by atoms with Gasteiger partial charge in [0.1, 0.15) is 5.82 Å². The number of anilines is 1. The zero-order valence-corrected chi connectivity index (χ0v) is 6.77. The maximum atomic E-state index is 10.9. The molecule has 0 atom stereocenters.